The summed E-state index contributed by atoms with van der Waals surface area (Å²) in [7, 11) is 7.36. The van der Waals surface area contributed by atoms with Crippen molar-refractivity contribution in [3.63, 3.8) is 0 Å². The number of carboxylic acid groups (broad SMARTS) is 1. The van der Waals surface area contributed by atoms with Gasteiger partial charge in [0.2, 0.25) is 20.9 Å². The summed E-state index contributed by atoms with van der Waals surface area (Å²) < 4.78 is 65.7. The first-order chi connectivity index (χ1) is 56.4. The summed E-state index contributed by atoms with van der Waals surface area (Å²) in [5.74, 6) is -3.70. The zero-order valence-electron chi connectivity index (χ0n) is 63.7. The second-order valence-corrected chi connectivity index (χ2v) is 30.9. The molecule has 0 saturated heterocycles. The number of aromatic carboxylic acids is 1. The fourth-order valence-electron chi connectivity index (χ4n) is 8.84. The Morgan fingerprint density at radius 1 is 0.706 bits per heavy atom. The van der Waals surface area contributed by atoms with Gasteiger partial charge in [-0.3, -0.25) is 29.8 Å². The number of nitriles is 1. The van der Waals surface area contributed by atoms with E-state index >= 15 is 0 Å². The van der Waals surface area contributed by atoms with E-state index in [9.17, 15) is 67.5 Å². The zero-order chi connectivity index (χ0) is 87.4. The Labute approximate surface area is 728 Å². The van der Waals surface area contributed by atoms with Gasteiger partial charge in [0.05, 0.1) is 62.2 Å². The Bertz CT molecular complexity index is 5220. The molecule has 0 spiro atoms. The first kappa shape index (κ1) is 103. The van der Waals surface area contributed by atoms with Crippen LogP contribution < -0.4 is 52.4 Å². The number of benzene rings is 6. The number of amides is 1. The molecule has 1 aliphatic rings. The molecule has 12 aromatic rings. The fourth-order valence-corrected chi connectivity index (χ4v) is 11.6. The number of carboxylic acids is 1. The maximum Gasteiger partial charge on any atom is 1.00 e. The van der Waals surface area contributed by atoms with Crippen LogP contribution in [-0.4, -0.2) is 125 Å². The van der Waals surface area contributed by atoms with E-state index in [2.05, 4.69) is 96.8 Å². The van der Waals surface area contributed by atoms with Crippen molar-refractivity contribution in [3.8, 4) is 17.4 Å². The summed E-state index contributed by atoms with van der Waals surface area (Å²) in [6, 6.07) is 32.8. The number of aldehydes is 1. The van der Waals surface area contributed by atoms with Crippen LogP contribution in [0.2, 0.25) is 0 Å². The van der Waals surface area contributed by atoms with Gasteiger partial charge in [-0.25, -0.2) is 51.9 Å². The van der Waals surface area contributed by atoms with Crippen molar-refractivity contribution in [2.24, 2.45) is 23.1 Å². The number of nitro groups is 2. The van der Waals surface area contributed by atoms with Crippen molar-refractivity contribution < 1.29 is 85.3 Å². The molecule has 1 saturated carbocycles. The second-order valence-electron chi connectivity index (χ2n) is 23.4. The Morgan fingerprint density at radius 2 is 1.15 bits per heavy atom. The van der Waals surface area contributed by atoms with Crippen LogP contribution in [0.4, 0.5) is 46.0 Å². The molecular weight excluding hydrogens is 1750 g/mol. The normalized spacial score (nSPS) is 11.3. The summed E-state index contributed by atoms with van der Waals surface area (Å²) in [5.41, 5.74) is 24.3. The molecule has 1 amide bonds. The molecule has 0 bridgehead atoms. The standard InChI is InChI=1S/C22H16FN5O2S.C12H9N3O2.C10H7FN2O3S.C10H9FN2OS.C7H4FNO3.C4H13N3.C4H9N.C4H9.C3H2BrNS.Cl2OS.Li/c1-13-10-19(28(27-13)16-5-3-4-15(12-16)24-2)21(30)26-18-11-14(6-7-17(18)23)20(29)22-25-8-9-31-22;1-8-5-11(12(16)17)15(14-8)10-4-2-3-9(6-10)7-13;11-7-2-1-6(5-8(7)13(15)16)9(14)10-12-3-4-17-10;11-7-2-1-6(5-8(7)12)9(14)10-13-3-4-15-10;8-6-2-1-5(4-10)3-7(6)9(11)12;5-1-3-7-4-2-6;5-3-4-1-2-4;1-3-4-2;4-3-5-1-2-6-3;1-4(2)3;/h3-12,20,29H,1H3,(H,26,30);2-6H,1H3,(H,16,17);1-5,9,14H;1-5,9,14H,12H2;1-4H;7H,1-6H2;4H,1-3,5H2;1,3-4H2,2H3;1-2H;;/q;;;;;;;-1;;;+1. The average molecular weight is 1830 g/mol. The van der Waals surface area contributed by atoms with Crippen molar-refractivity contribution in [2.45, 2.75) is 64.8 Å². The minimum atomic E-state index is -1.67. The largest absolute Gasteiger partial charge is 1.00 e. The molecule has 30 nitrogen and oxygen atoms in total. The number of aryl methyl sites for hydroxylation is 2. The van der Waals surface area contributed by atoms with E-state index in [0.717, 1.165) is 60.2 Å². The number of hydrogen-bond donors (Lipinski definition) is 10. The van der Waals surface area contributed by atoms with E-state index in [1.807, 2.05) is 11.4 Å². The molecule has 6 aromatic carbocycles. The van der Waals surface area contributed by atoms with Crippen molar-refractivity contribution >= 4 is 138 Å². The van der Waals surface area contributed by atoms with E-state index in [1.54, 1.807) is 115 Å². The number of rotatable bonds is 20. The van der Waals surface area contributed by atoms with E-state index in [1.165, 1.54) is 123 Å². The van der Waals surface area contributed by atoms with E-state index in [-0.39, 0.29) is 52.8 Å². The molecule has 6 heterocycles. The molecule has 0 radical (unpaired) electrons. The monoisotopic (exact) mass is 1830 g/mol. The number of aromatic nitrogens is 8. The summed E-state index contributed by atoms with van der Waals surface area (Å²) >= 11 is 8.61. The average Bonchev–Trinajstić information content (AvgIpc) is 1.70. The Morgan fingerprint density at radius 3 is 1.55 bits per heavy atom. The fraction of sp³-hybridized carbons (Fsp3) is 0.211. The minimum absolute atomic E-state index is 0. The number of nitro benzene ring substituents is 2. The van der Waals surface area contributed by atoms with E-state index in [0.29, 0.717) is 79.5 Å². The number of unbranched alkanes of at least 4 members (excludes halogenated alkanes) is 1. The number of nitrogen functional groups attached to an aromatic ring is 1. The smallest absolute Gasteiger partial charge is 0.477 e. The topological polar surface area (TPSA) is 479 Å². The van der Waals surface area contributed by atoms with Gasteiger partial charge < -0.3 is 60.9 Å². The van der Waals surface area contributed by atoms with Gasteiger partial charge in [-0.2, -0.15) is 30.7 Å². The Kier molecular flexibility index (Phi) is 47.9. The summed E-state index contributed by atoms with van der Waals surface area (Å²) in [5, 5.41) is 91.3. The molecule has 3 atom stereocenters. The summed E-state index contributed by atoms with van der Waals surface area (Å²) in [6.45, 7) is 20.4. The third-order valence-electron chi connectivity index (χ3n) is 14.7. The van der Waals surface area contributed by atoms with Crippen LogP contribution in [0.1, 0.15) is 131 Å². The summed E-state index contributed by atoms with van der Waals surface area (Å²) in [6.07, 6.45) is 8.98. The maximum atomic E-state index is 14.4. The Hall–Kier alpha value is -10.3. The molecule has 624 valence electrons. The third-order valence-corrected chi connectivity index (χ3v) is 18.5. The number of anilines is 2. The predicted octanol–water partition coefficient (Wildman–Crippen LogP) is 12.6. The van der Waals surface area contributed by atoms with Gasteiger partial charge in [0.15, 0.2) is 15.3 Å². The van der Waals surface area contributed by atoms with Gasteiger partial charge >= 0.3 is 36.2 Å². The van der Waals surface area contributed by atoms with E-state index in [4.69, 9.17) is 44.1 Å². The molecule has 14 N–H and O–H groups in total. The first-order valence-electron chi connectivity index (χ1n) is 34.3. The van der Waals surface area contributed by atoms with Gasteiger partial charge in [0.1, 0.15) is 56.9 Å². The predicted molar refractivity (Wildman–Crippen MR) is 452 cm³/mol. The van der Waals surface area contributed by atoms with Crippen LogP contribution in [-0.2, 0) is 9.23 Å². The van der Waals surface area contributed by atoms with Crippen molar-refractivity contribution in [2.75, 3.05) is 43.8 Å². The van der Waals surface area contributed by atoms with Gasteiger partial charge in [-0.05, 0) is 157 Å². The van der Waals surface area contributed by atoms with Crippen LogP contribution in [0.3, 0.4) is 0 Å². The number of carbonyl (C=O) groups excluding carboxylic acids is 2. The van der Waals surface area contributed by atoms with Crippen molar-refractivity contribution in [3.05, 3.63) is 311 Å². The molecule has 6 aromatic heterocycles. The molecule has 3 unspecified atom stereocenters. The van der Waals surface area contributed by atoms with Crippen LogP contribution >= 0.6 is 82.6 Å². The van der Waals surface area contributed by atoms with Gasteiger partial charge in [0, 0.05) is 112 Å². The Balaban J connectivity index is 0.000000365. The molecule has 43 heteroatoms. The van der Waals surface area contributed by atoms with Gasteiger partial charge in [-0.1, -0.05) is 49.7 Å². The number of carbonyl (C=O) groups is 3. The quantitative estimate of drug-likeness (QED) is 0.00390. The van der Waals surface area contributed by atoms with Crippen LogP contribution in [0.5, 0.6) is 0 Å². The van der Waals surface area contributed by atoms with Crippen LogP contribution in [0, 0.1) is 88.1 Å². The number of hydrogen-bond acceptors (Lipinski definition) is 27. The first-order valence-corrected chi connectivity index (χ1v) is 41.5. The number of aliphatic hydroxyl groups excluding tert-OH is 3. The van der Waals surface area contributed by atoms with Crippen molar-refractivity contribution in [1.29, 1.82) is 5.26 Å². The maximum absolute atomic E-state index is 14.4. The van der Waals surface area contributed by atoms with E-state index < -0.39 is 83.9 Å². The molecular formula is C76H78BrCl2F4LiN18O12S5. The molecule has 1 aliphatic carbocycles. The second kappa shape index (κ2) is 55.5. The third kappa shape index (κ3) is 36.4. The number of aliphatic hydroxyl groups is 3. The zero-order valence-corrected chi connectivity index (χ0v) is 70.9. The number of nitrogens with zero attached hydrogens (tertiary/aromatic N) is 12. The minimum Gasteiger partial charge on any atom is -0.477 e. The number of nitrogens with one attached hydrogen (secondary N) is 2. The number of thiazole rings is 4. The molecule has 1 fully saturated rings. The van der Waals surface area contributed by atoms with Crippen LogP contribution in [0.15, 0.2) is 184 Å². The SMILES string of the molecule is Brc1nccs1.Cc1cc(C(=O)O)n(-c2cccc(C#N)c2)n1.NCC1CC1.NCCNCCN.Nc1cc(C(O)c2nccs2)ccc1F.O=Cc1ccc(F)c([N+](=O)[O-])c1.O=S(Cl)Cl.O=[N+]([O-])c1cc(C(O)c2nccs2)ccc1F.[C-]#[N+]c1cccc(-n2nc(C)cc2C(=O)Nc2cc(C(O)c3nccs3)ccc2F)c1.[CH2-]CCC.[Li+]. The molecule has 13 rings (SSSR count). The molecule has 0 aliphatic heterocycles. The number of halogens is 7. The van der Waals surface area contributed by atoms with Gasteiger partial charge in [-0.15, -0.1) is 45.3 Å². The van der Waals surface area contributed by atoms with Gasteiger partial charge in [0.25, 0.3) is 5.91 Å². The number of nitrogens with two attached hydrogens (primary N) is 4. The summed E-state index contributed by atoms with van der Waals surface area (Å²) in [4.78, 5) is 72.3. The van der Waals surface area contributed by atoms with Crippen molar-refractivity contribution in [1.82, 2.24) is 44.8 Å². The molecule has 119 heavy (non-hydrogen) atoms. The van der Waals surface area contributed by atoms with Crippen LogP contribution in [0.25, 0.3) is 16.2 Å².